The lowest BCUT2D eigenvalue weighted by atomic mass is 10.2. The first-order valence-electron chi connectivity index (χ1n) is 5.12. The molecule has 0 N–H and O–H groups in total. The fourth-order valence-electron chi connectivity index (χ4n) is 1.33. The van der Waals surface area contributed by atoms with Gasteiger partial charge in [0.15, 0.2) is 0 Å². The molecule has 6 heteroatoms. The molecule has 2 rings (SSSR count). The van der Waals surface area contributed by atoms with Crippen LogP contribution >= 0.6 is 0 Å². The monoisotopic (exact) mass is 247 g/mol. The molecule has 1 aromatic carbocycles. The van der Waals surface area contributed by atoms with Crippen molar-refractivity contribution >= 4 is 11.9 Å². The van der Waals surface area contributed by atoms with Crippen LogP contribution in [0.25, 0.3) is 0 Å². The van der Waals surface area contributed by atoms with Crippen LogP contribution in [0, 0.1) is 10.1 Å². The van der Waals surface area contributed by atoms with E-state index in [1.165, 1.54) is 6.07 Å². The number of hydrogen-bond acceptors (Lipinski definition) is 5. The maximum atomic E-state index is 11.5. The minimum Gasteiger partial charge on any atom is -0.455 e. The van der Waals surface area contributed by atoms with Crippen molar-refractivity contribution in [3.05, 3.63) is 63.9 Å². The average Bonchev–Trinajstić information content (AvgIpc) is 2.87. The van der Waals surface area contributed by atoms with Gasteiger partial charge in [0, 0.05) is 0 Å². The Labute approximate surface area is 102 Å². The molecule has 0 aliphatic heterocycles. The minimum absolute atomic E-state index is 0.0914. The lowest BCUT2D eigenvalue weighted by Crippen LogP contribution is -2.03. The van der Waals surface area contributed by atoms with Crippen LogP contribution in [-0.4, -0.2) is 10.9 Å². The third-order valence-electron chi connectivity index (χ3n) is 2.19. The second-order valence-electron chi connectivity index (χ2n) is 3.46. The third-order valence-corrected chi connectivity index (χ3v) is 2.19. The molecule has 0 spiro atoms. The SMILES string of the molecule is O=C(OCc1ccccc1)c1ccc([N+](=O)[O-])o1. The van der Waals surface area contributed by atoms with Crippen LogP contribution in [0.4, 0.5) is 5.88 Å². The van der Waals surface area contributed by atoms with E-state index < -0.39 is 16.8 Å². The van der Waals surface area contributed by atoms with E-state index in [1.807, 2.05) is 18.2 Å². The normalized spacial score (nSPS) is 10.0. The number of nitrogens with zero attached hydrogens (tertiary/aromatic N) is 1. The molecule has 0 fully saturated rings. The Balaban J connectivity index is 1.97. The Hall–Kier alpha value is -2.63. The number of carbonyl (C=O) groups is 1. The van der Waals surface area contributed by atoms with E-state index in [0.29, 0.717) is 0 Å². The molecule has 0 atom stereocenters. The van der Waals surface area contributed by atoms with Crippen molar-refractivity contribution in [2.45, 2.75) is 6.61 Å². The minimum atomic E-state index is -0.730. The number of nitro groups is 1. The zero-order valence-electron chi connectivity index (χ0n) is 9.24. The van der Waals surface area contributed by atoms with Gasteiger partial charge in [-0.15, -0.1) is 0 Å². The summed E-state index contributed by atoms with van der Waals surface area (Å²) in [6.07, 6.45) is 0. The molecule has 1 heterocycles. The van der Waals surface area contributed by atoms with Crippen LogP contribution in [-0.2, 0) is 11.3 Å². The van der Waals surface area contributed by atoms with E-state index in [9.17, 15) is 14.9 Å². The van der Waals surface area contributed by atoms with Crippen LogP contribution in [0.2, 0.25) is 0 Å². The number of benzene rings is 1. The molecule has 0 saturated carbocycles. The summed E-state index contributed by atoms with van der Waals surface area (Å²) < 4.78 is 9.67. The fraction of sp³-hybridized carbons (Fsp3) is 0.0833. The summed E-state index contributed by atoms with van der Waals surface area (Å²) in [5.41, 5.74) is 0.826. The molecule has 6 nitrogen and oxygen atoms in total. The number of esters is 1. The summed E-state index contributed by atoms with van der Waals surface area (Å²) in [5, 5.41) is 10.4. The highest BCUT2D eigenvalue weighted by atomic mass is 16.7. The van der Waals surface area contributed by atoms with Gasteiger partial charge in [0.25, 0.3) is 0 Å². The van der Waals surface area contributed by atoms with E-state index in [0.717, 1.165) is 11.6 Å². The van der Waals surface area contributed by atoms with Gasteiger partial charge in [0.05, 0.1) is 6.07 Å². The fourth-order valence-corrected chi connectivity index (χ4v) is 1.33. The van der Waals surface area contributed by atoms with Crippen molar-refractivity contribution in [2.24, 2.45) is 0 Å². The number of ether oxygens (including phenoxy) is 1. The molecule has 0 aliphatic rings. The van der Waals surface area contributed by atoms with Crippen molar-refractivity contribution in [3.8, 4) is 0 Å². The van der Waals surface area contributed by atoms with Gasteiger partial charge in [-0.05, 0) is 11.6 Å². The van der Waals surface area contributed by atoms with Gasteiger partial charge >= 0.3 is 11.9 Å². The van der Waals surface area contributed by atoms with Gasteiger partial charge < -0.3 is 9.15 Å². The maximum Gasteiger partial charge on any atom is 0.433 e. The van der Waals surface area contributed by atoms with Crippen molar-refractivity contribution < 1.29 is 18.9 Å². The van der Waals surface area contributed by atoms with Gasteiger partial charge in [-0.3, -0.25) is 10.1 Å². The molecular formula is C12H9NO5. The van der Waals surface area contributed by atoms with Crippen LogP contribution in [0.1, 0.15) is 16.1 Å². The number of hydrogen-bond donors (Lipinski definition) is 0. The molecule has 0 bridgehead atoms. The molecular weight excluding hydrogens is 238 g/mol. The van der Waals surface area contributed by atoms with Gasteiger partial charge in [0.1, 0.15) is 11.5 Å². The highest BCUT2D eigenvalue weighted by molar-refractivity contribution is 5.86. The molecule has 0 saturated heterocycles. The average molecular weight is 247 g/mol. The quantitative estimate of drug-likeness (QED) is 0.471. The Morgan fingerprint density at radius 3 is 2.56 bits per heavy atom. The summed E-state index contributed by atoms with van der Waals surface area (Å²) in [5.74, 6) is -1.40. The summed E-state index contributed by atoms with van der Waals surface area (Å²) in [6, 6.07) is 11.4. The van der Waals surface area contributed by atoms with E-state index >= 15 is 0 Å². The largest absolute Gasteiger partial charge is 0.455 e. The van der Waals surface area contributed by atoms with E-state index in [1.54, 1.807) is 12.1 Å². The van der Waals surface area contributed by atoms with E-state index in [2.05, 4.69) is 0 Å². The Morgan fingerprint density at radius 1 is 1.22 bits per heavy atom. The second kappa shape index (κ2) is 5.13. The Morgan fingerprint density at radius 2 is 1.94 bits per heavy atom. The van der Waals surface area contributed by atoms with Crippen molar-refractivity contribution in [1.82, 2.24) is 0 Å². The van der Waals surface area contributed by atoms with E-state index in [-0.39, 0.29) is 12.4 Å². The van der Waals surface area contributed by atoms with Crippen molar-refractivity contribution in [1.29, 1.82) is 0 Å². The zero-order chi connectivity index (χ0) is 13.0. The summed E-state index contributed by atoms with van der Waals surface area (Å²) >= 11 is 0. The van der Waals surface area contributed by atoms with Crippen molar-refractivity contribution in [2.75, 3.05) is 0 Å². The zero-order valence-corrected chi connectivity index (χ0v) is 9.24. The van der Waals surface area contributed by atoms with Crippen molar-refractivity contribution in [3.63, 3.8) is 0 Å². The topological polar surface area (TPSA) is 82.6 Å². The van der Waals surface area contributed by atoms with Gasteiger partial charge in [-0.1, -0.05) is 30.3 Å². The first-order valence-corrected chi connectivity index (χ1v) is 5.12. The van der Waals surface area contributed by atoms with Crippen LogP contribution in [0.3, 0.4) is 0 Å². The lowest BCUT2D eigenvalue weighted by Gasteiger charge is -2.01. The lowest BCUT2D eigenvalue weighted by molar-refractivity contribution is -0.402. The Kier molecular flexibility index (Phi) is 3.38. The molecule has 18 heavy (non-hydrogen) atoms. The molecule has 0 radical (unpaired) electrons. The highest BCUT2D eigenvalue weighted by Crippen LogP contribution is 2.16. The van der Waals surface area contributed by atoms with Crippen LogP contribution < -0.4 is 0 Å². The number of carbonyl (C=O) groups excluding carboxylic acids is 1. The second-order valence-corrected chi connectivity index (χ2v) is 3.46. The molecule has 0 aliphatic carbocycles. The Bertz CT molecular complexity index is 561. The first kappa shape index (κ1) is 11.8. The van der Waals surface area contributed by atoms with Crippen LogP contribution in [0.15, 0.2) is 46.9 Å². The summed E-state index contributed by atoms with van der Waals surface area (Å²) in [6.45, 7) is 0.0914. The standard InChI is InChI=1S/C12H9NO5/c14-12(10-6-7-11(18-10)13(15)16)17-8-9-4-2-1-3-5-9/h1-7H,8H2. The molecule has 2 aromatic rings. The number of furan rings is 1. The smallest absolute Gasteiger partial charge is 0.433 e. The molecule has 0 unspecified atom stereocenters. The molecule has 92 valence electrons. The third kappa shape index (κ3) is 2.73. The molecule has 1 aromatic heterocycles. The van der Waals surface area contributed by atoms with Gasteiger partial charge in [-0.25, -0.2) is 4.79 Å². The van der Waals surface area contributed by atoms with Crippen LogP contribution in [0.5, 0.6) is 0 Å². The van der Waals surface area contributed by atoms with E-state index in [4.69, 9.17) is 9.15 Å². The summed E-state index contributed by atoms with van der Waals surface area (Å²) in [7, 11) is 0. The van der Waals surface area contributed by atoms with Gasteiger partial charge in [-0.2, -0.15) is 0 Å². The first-order chi connectivity index (χ1) is 8.66. The predicted octanol–water partition coefficient (Wildman–Crippen LogP) is 2.54. The highest BCUT2D eigenvalue weighted by Gasteiger charge is 2.18. The summed E-state index contributed by atoms with van der Waals surface area (Å²) in [4.78, 5) is 21.2. The van der Waals surface area contributed by atoms with Gasteiger partial charge in [0.2, 0.25) is 5.76 Å². The predicted molar refractivity (Wildman–Crippen MR) is 60.9 cm³/mol. The maximum absolute atomic E-state index is 11.5. The molecule has 0 amide bonds. The number of rotatable bonds is 4.